The van der Waals surface area contributed by atoms with Crippen LogP contribution < -0.4 is 4.74 Å². The van der Waals surface area contributed by atoms with Crippen LogP contribution >= 0.6 is 0 Å². The lowest BCUT2D eigenvalue weighted by molar-refractivity contribution is 0.415. The van der Waals surface area contributed by atoms with E-state index in [1.54, 1.807) is 13.3 Å². The predicted molar refractivity (Wildman–Crippen MR) is 69.6 cm³/mol. The highest BCUT2D eigenvalue weighted by Crippen LogP contribution is 2.13. The molecule has 0 radical (unpaired) electrons. The minimum Gasteiger partial charge on any atom is -0.740 e. The molecule has 1 aromatic heterocycles. The Balaban J connectivity index is 2.14. The first kappa shape index (κ1) is 11.5. The second-order valence-corrected chi connectivity index (χ2v) is 3.74. The Hall–Kier alpha value is -1.94. The van der Waals surface area contributed by atoms with Crippen molar-refractivity contribution in [1.82, 2.24) is 9.97 Å². The summed E-state index contributed by atoms with van der Waals surface area (Å²) in [5.41, 5.74) is 1.89. The van der Waals surface area contributed by atoms with Gasteiger partial charge in [0.25, 0.3) is 0 Å². The van der Waals surface area contributed by atoms with Crippen LogP contribution in [0, 0.1) is 0 Å². The highest BCUT2D eigenvalue weighted by Gasteiger charge is 1.91. The molecular formula is C13H11N2OS-. The van der Waals surface area contributed by atoms with E-state index in [4.69, 9.17) is 17.4 Å². The van der Waals surface area contributed by atoms with Crippen molar-refractivity contribution in [2.24, 2.45) is 0 Å². The largest absolute Gasteiger partial charge is 0.740 e. The molecule has 0 atom stereocenters. The lowest BCUT2D eigenvalue weighted by Crippen LogP contribution is -1.87. The Labute approximate surface area is 106 Å². The summed E-state index contributed by atoms with van der Waals surface area (Å²) < 4.78 is 5.09. The Morgan fingerprint density at radius 1 is 1.12 bits per heavy atom. The Bertz CT molecular complexity index is 523. The number of hydrogen-bond acceptors (Lipinski definition) is 4. The van der Waals surface area contributed by atoms with Crippen molar-refractivity contribution in [3.8, 4) is 5.75 Å². The summed E-state index contributed by atoms with van der Waals surface area (Å²) in [6.45, 7) is 0. The van der Waals surface area contributed by atoms with Crippen LogP contribution in [0.25, 0.3) is 12.2 Å². The Morgan fingerprint density at radius 2 is 1.88 bits per heavy atom. The van der Waals surface area contributed by atoms with Gasteiger partial charge in [0.05, 0.1) is 12.8 Å². The number of benzene rings is 1. The highest BCUT2D eigenvalue weighted by atomic mass is 32.1. The van der Waals surface area contributed by atoms with Crippen molar-refractivity contribution in [1.29, 1.82) is 0 Å². The number of methoxy groups -OCH3 is 1. The molecule has 1 heterocycles. The van der Waals surface area contributed by atoms with Crippen LogP contribution in [0.2, 0.25) is 0 Å². The van der Waals surface area contributed by atoms with Gasteiger partial charge in [-0.15, -0.1) is 0 Å². The monoisotopic (exact) mass is 243 g/mol. The minimum absolute atomic E-state index is 0.363. The SMILES string of the molecule is COc1ccc(C=Cc2ccnc([S-])n2)cc1. The third-order valence-corrected chi connectivity index (χ3v) is 2.41. The third kappa shape index (κ3) is 3.26. The van der Waals surface area contributed by atoms with Gasteiger partial charge < -0.3 is 17.4 Å². The quantitative estimate of drug-likeness (QED) is 0.613. The van der Waals surface area contributed by atoms with E-state index in [0.717, 1.165) is 17.0 Å². The summed E-state index contributed by atoms with van der Waals surface area (Å²) in [5, 5.41) is 0.363. The molecular weight excluding hydrogens is 232 g/mol. The smallest absolute Gasteiger partial charge is 0.118 e. The van der Waals surface area contributed by atoms with Crippen LogP contribution in [0.15, 0.2) is 41.7 Å². The topological polar surface area (TPSA) is 35.0 Å². The fourth-order valence-corrected chi connectivity index (χ4v) is 1.51. The standard InChI is InChI=1S/C13H12N2OS/c1-16-12-6-3-10(4-7-12)2-5-11-8-9-14-13(17)15-11/h2-9H,1H3,(H,14,15,17)/p-1. The maximum atomic E-state index is 5.09. The summed E-state index contributed by atoms with van der Waals surface area (Å²) in [4.78, 5) is 7.98. The summed E-state index contributed by atoms with van der Waals surface area (Å²) in [6.07, 6.45) is 5.53. The Kier molecular flexibility index (Phi) is 3.67. The fourth-order valence-electron chi connectivity index (χ4n) is 1.34. The maximum absolute atomic E-state index is 5.09. The van der Waals surface area contributed by atoms with Crippen LogP contribution in [0.3, 0.4) is 0 Å². The molecule has 86 valence electrons. The van der Waals surface area contributed by atoms with Crippen molar-refractivity contribution in [2.45, 2.75) is 5.16 Å². The fraction of sp³-hybridized carbons (Fsp3) is 0.0769. The van der Waals surface area contributed by atoms with Crippen molar-refractivity contribution in [3.05, 3.63) is 47.8 Å². The molecule has 3 nitrogen and oxygen atoms in total. The molecule has 1 aromatic carbocycles. The number of aromatic nitrogens is 2. The average molecular weight is 243 g/mol. The number of nitrogens with zero attached hydrogens (tertiary/aromatic N) is 2. The van der Waals surface area contributed by atoms with Crippen LogP contribution in [0.4, 0.5) is 0 Å². The molecule has 0 saturated heterocycles. The zero-order valence-corrected chi connectivity index (χ0v) is 10.1. The van der Waals surface area contributed by atoms with E-state index >= 15 is 0 Å². The molecule has 0 fully saturated rings. The average Bonchev–Trinajstić information content (AvgIpc) is 2.37. The molecule has 0 amide bonds. The second-order valence-electron chi connectivity index (χ2n) is 3.37. The van der Waals surface area contributed by atoms with E-state index in [2.05, 4.69) is 9.97 Å². The van der Waals surface area contributed by atoms with Gasteiger partial charge in [0.15, 0.2) is 0 Å². The minimum atomic E-state index is 0.363. The third-order valence-electron chi connectivity index (χ3n) is 2.22. The van der Waals surface area contributed by atoms with E-state index in [-0.39, 0.29) is 0 Å². The molecule has 2 rings (SSSR count). The summed E-state index contributed by atoms with van der Waals surface area (Å²) in [5.74, 6) is 0.844. The van der Waals surface area contributed by atoms with Gasteiger partial charge in [0.2, 0.25) is 0 Å². The zero-order valence-electron chi connectivity index (χ0n) is 9.33. The second kappa shape index (κ2) is 5.41. The van der Waals surface area contributed by atoms with Crippen LogP contribution in [-0.2, 0) is 12.6 Å². The van der Waals surface area contributed by atoms with Crippen molar-refractivity contribution in [2.75, 3.05) is 7.11 Å². The van der Waals surface area contributed by atoms with Crippen molar-refractivity contribution < 1.29 is 4.74 Å². The molecule has 0 N–H and O–H groups in total. The molecule has 4 heteroatoms. The van der Waals surface area contributed by atoms with E-state index in [9.17, 15) is 0 Å². The number of ether oxygens (including phenoxy) is 1. The van der Waals surface area contributed by atoms with Crippen LogP contribution in [0.5, 0.6) is 5.75 Å². The number of rotatable bonds is 3. The Morgan fingerprint density at radius 3 is 2.53 bits per heavy atom. The molecule has 0 unspecified atom stereocenters. The van der Waals surface area contributed by atoms with Gasteiger partial charge in [0, 0.05) is 11.4 Å². The van der Waals surface area contributed by atoms with Crippen molar-refractivity contribution in [3.63, 3.8) is 0 Å². The molecule has 0 bridgehead atoms. The predicted octanol–water partition coefficient (Wildman–Crippen LogP) is 2.56. The molecule has 2 aromatic rings. The van der Waals surface area contributed by atoms with Crippen molar-refractivity contribution >= 4 is 24.8 Å². The van der Waals surface area contributed by atoms with Gasteiger partial charge >= 0.3 is 0 Å². The maximum Gasteiger partial charge on any atom is 0.118 e. The first-order valence-electron chi connectivity index (χ1n) is 5.10. The molecule has 0 aliphatic rings. The summed E-state index contributed by atoms with van der Waals surface area (Å²) in [6, 6.07) is 9.60. The molecule has 0 saturated carbocycles. The lowest BCUT2D eigenvalue weighted by Gasteiger charge is -2.02. The zero-order chi connectivity index (χ0) is 12.1. The highest BCUT2D eigenvalue weighted by molar-refractivity contribution is 7.58. The van der Waals surface area contributed by atoms with Gasteiger partial charge in [-0.2, -0.15) is 0 Å². The summed E-state index contributed by atoms with van der Waals surface area (Å²) in [7, 11) is 1.65. The lowest BCUT2D eigenvalue weighted by atomic mass is 10.2. The van der Waals surface area contributed by atoms with Gasteiger partial charge in [-0.3, -0.25) is 9.97 Å². The first-order valence-corrected chi connectivity index (χ1v) is 5.51. The van der Waals surface area contributed by atoms with Gasteiger partial charge in [0.1, 0.15) is 5.75 Å². The molecule has 0 aliphatic carbocycles. The van der Waals surface area contributed by atoms with E-state index in [1.807, 2.05) is 42.5 Å². The number of hydrogen-bond donors (Lipinski definition) is 0. The van der Waals surface area contributed by atoms with E-state index in [1.165, 1.54) is 0 Å². The normalized spacial score (nSPS) is 10.6. The van der Waals surface area contributed by atoms with E-state index in [0.29, 0.717) is 5.16 Å². The first-order chi connectivity index (χ1) is 8.28. The molecule has 0 aliphatic heterocycles. The van der Waals surface area contributed by atoms with Gasteiger partial charge in [-0.1, -0.05) is 18.2 Å². The van der Waals surface area contributed by atoms with Crippen LogP contribution in [0.1, 0.15) is 11.3 Å². The van der Waals surface area contributed by atoms with Crippen LogP contribution in [-0.4, -0.2) is 17.1 Å². The van der Waals surface area contributed by atoms with E-state index < -0.39 is 0 Å². The summed E-state index contributed by atoms with van der Waals surface area (Å²) >= 11 is 4.89. The van der Waals surface area contributed by atoms with Gasteiger partial charge in [-0.05, 0) is 29.8 Å². The molecule has 17 heavy (non-hydrogen) atoms. The van der Waals surface area contributed by atoms with Gasteiger partial charge in [-0.25, -0.2) is 0 Å². The molecule has 0 spiro atoms.